The van der Waals surface area contributed by atoms with E-state index in [1.54, 1.807) is 17.0 Å². The molecule has 0 saturated carbocycles. The summed E-state index contributed by atoms with van der Waals surface area (Å²) in [5, 5.41) is 0.577. The quantitative estimate of drug-likeness (QED) is 0.375. The summed E-state index contributed by atoms with van der Waals surface area (Å²) in [7, 11) is 1.34. The zero-order valence-electron chi connectivity index (χ0n) is 21.6. The number of nitrogens with zero attached hydrogens (tertiary/aromatic N) is 2. The molecule has 1 saturated heterocycles. The van der Waals surface area contributed by atoms with Crippen molar-refractivity contribution in [2.75, 3.05) is 26.9 Å². The molecule has 3 aromatic rings. The summed E-state index contributed by atoms with van der Waals surface area (Å²) >= 11 is 6.17. The number of rotatable bonds is 6. The molecule has 2 aliphatic heterocycles. The highest BCUT2D eigenvalue weighted by Crippen LogP contribution is 2.44. The van der Waals surface area contributed by atoms with E-state index < -0.39 is 23.6 Å². The van der Waals surface area contributed by atoms with Gasteiger partial charge in [0.2, 0.25) is 5.90 Å². The van der Waals surface area contributed by atoms with E-state index in [9.17, 15) is 9.59 Å². The molecule has 1 aliphatic carbocycles. The number of esters is 1. The minimum absolute atomic E-state index is 0.0212. The van der Waals surface area contributed by atoms with Crippen molar-refractivity contribution < 1.29 is 23.8 Å². The summed E-state index contributed by atoms with van der Waals surface area (Å²) in [5.41, 5.74) is 4.31. The molecular weight excluding hydrogens is 516 g/mol. The van der Waals surface area contributed by atoms with Crippen LogP contribution in [0.1, 0.15) is 35.4 Å². The molecule has 2 heterocycles. The van der Waals surface area contributed by atoms with Crippen LogP contribution in [0.3, 0.4) is 0 Å². The number of benzene rings is 3. The predicted octanol–water partition coefficient (Wildman–Crippen LogP) is 5.64. The van der Waals surface area contributed by atoms with Gasteiger partial charge in [-0.1, -0.05) is 72.3 Å². The monoisotopic (exact) mass is 544 g/mol. The van der Waals surface area contributed by atoms with E-state index in [2.05, 4.69) is 24.3 Å². The van der Waals surface area contributed by atoms with Gasteiger partial charge in [-0.25, -0.2) is 14.6 Å². The van der Waals surface area contributed by atoms with Gasteiger partial charge in [0, 0.05) is 23.9 Å². The van der Waals surface area contributed by atoms with Crippen LogP contribution in [0.2, 0.25) is 5.02 Å². The molecule has 200 valence electrons. The van der Waals surface area contributed by atoms with Crippen LogP contribution < -0.4 is 0 Å². The predicted molar refractivity (Wildman–Crippen MR) is 148 cm³/mol. The van der Waals surface area contributed by atoms with Crippen molar-refractivity contribution in [3.63, 3.8) is 0 Å². The Labute approximate surface area is 232 Å². The standard InChI is InChI=1S/C31H29ClN2O5/c1-37-29(35)31(17-20-8-6-9-21(32)16-20)19-39-28(33-31)27-14-7-15-34(27)30(36)38-18-26-24-12-4-2-10-22(24)23-11-3-5-13-25(23)26/h2-6,8-13,16,26-27H,7,14-15,17-19H2,1H3/t27?,31-/m1/s1. The third-order valence-electron chi connectivity index (χ3n) is 7.84. The van der Waals surface area contributed by atoms with Crippen molar-refractivity contribution in [3.05, 3.63) is 94.5 Å². The van der Waals surface area contributed by atoms with Crippen molar-refractivity contribution >= 4 is 29.6 Å². The Balaban J connectivity index is 1.19. The fourth-order valence-electron chi connectivity index (χ4n) is 6.00. The molecule has 39 heavy (non-hydrogen) atoms. The van der Waals surface area contributed by atoms with Gasteiger partial charge in [-0.15, -0.1) is 0 Å². The minimum Gasteiger partial charge on any atom is -0.476 e. The number of halogens is 1. The summed E-state index contributed by atoms with van der Waals surface area (Å²) in [6, 6.07) is 23.4. The second kappa shape index (κ2) is 10.4. The first-order chi connectivity index (χ1) is 19.0. The third-order valence-corrected chi connectivity index (χ3v) is 8.08. The Morgan fingerprint density at radius 2 is 1.77 bits per heavy atom. The van der Waals surface area contributed by atoms with Crippen LogP contribution in [0, 0.1) is 0 Å². The van der Waals surface area contributed by atoms with Crippen LogP contribution in [0.5, 0.6) is 0 Å². The molecule has 0 N–H and O–H groups in total. The van der Waals surface area contributed by atoms with Crippen LogP contribution in [-0.2, 0) is 25.4 Å². The van der Waals surface area contributed by atoms with Gasteiger partial charge in [0.1, 0.15) is 19.3 Å². The van der Waals surface area contributed by atoms with Gasteiger partial charge < -0.3 is 14.2 Å². The number of amides is 1. The lowest BCUT2D eigenvalue weighted by Gasteiger charge is -2.24. The van der Waals surface area contributed by atoms with E-state index in [0.29, 0.717) is 23.9 Å². The van der Waals surface area contributed by atoms with Gasteiger partial charge in [0.05, 0.1) is 7.11 Å². The highest BCUT2D eigenvalue weighted by Gasteiger charge is 2.49. The fraction of sp³-hybridized carbons (Fsp3) is 0.323. The summed E-state index contributed by atoms with van der Waals surface area (Å²) in [6.45, 7) is 0.810. The lowest BCUT2D eigenvalue weighted by atomic mass is 9.92. The minimum atomic E-state index is -1.23. The van der Waals surface area contributed by atoms with E-state index in [1.165, 1.54) is 18.2 Å². The van der Waals surface area contributed by atoms with Crippen LogP contribution in [0.25, 0.3) is 11.1 Å². The van der Waals surface area contributed by atoms with Gasteiger partial charge in [-0.3, -0.25) is 4.90 Å². The van der Waals surface area contributed by atoms with Gasteiger partial charge in [-0.2, -0.15) is 0 Å². The molecule has 3 aromatic carbocycles. The van der Waals surface area contributed by atoms with E-state index in [0.717, 1.165) is 23.1 Å². The first-order valence-corrected chi connectivity index (χ1v) is 13.5. The number of hydrogen-bond acceptors (Lipinski definition) is 6. The SMILES string of the molecule is COC(=O)[C@@]1(Cc2cccc(Cl)c2)COC(C2CCCN2C(=O)OCC2c3ccccc3-c3ccccc32)=N1. The van der Waals surface area contributed by atoms with Gasteiger partial charge in [-0.05, 0) is 52.8 Å². The lowest BCUT2D eigenvalue weighted by Crippen LogP contribution is -2.42. The van der Waals surface area contributed by atoms with E-state index in [4.69, 9.17) is 30.8 Å². The molecule has 0 spiro atoms. The zero-order valence-corrected chi connectivity index (χ0v) is 22.4. The Morgan fingerprint density at radius 3 is 2.46 bits per heavy atom. The molecule has 3 aliphatic rings. The Kier molecular flexibility index (Phi) is 6.77. The number of methoxy groups -OCH3 is 1. The smallest absolute Gasteiger partial charge is 0.410 e. The molecule has 0 bridgehead atoms. The Hall–Kier alpha value is -3.84. The number of likely N-dealkylation sites (tertiary alicyclic amines) is 1. The van der Waals surface area contributed by atoms with E-state index >= 15 is 0 Å². The fourth-order valence-corrected chi connectivity index (χ4v) is 6.21. The molecule has 1 fully saturated rings. The number of aliphatic imine (C=N–C) groups is 1. The lowest BCUT2D eigenvalue weighted by molar-refractivity contribution is -0.147. The van der Waals surface area contributed by atoms with Crippen molar-refractivity contribution in [2.24, 2.45) is 4.99 Å². The molecule has 1 amide bonds. The molecule has 7 nitrogen and oxygen atoms in total. The second-order valence-electron chi connectivity index (χ2n) is 10.2. The number of hydrogen-bond donors (Lipinski definition) is 0. The summed E-state index contributed by atoms with van der Waals surface area (Å²) in [5.74, 6) is -0.135. The Morgan fingerprint density at radius 1 is 1.05 bits per heavy atom. The zero-order chi connectivity index (χ0) is 27.0. The molecule has 2 atom stereocenters. The van der Waals surface area contributed by atoms with E-state index in [-0.39, 0.29) is 25.6 Å². The summed E-state index contributed by atoms with van der Waals surface area (Å²) in [4.78, 5) is 32.7. The van der Waals surface area contributed by atoms with E-state index in [1.807, 2.05) is 36.4 Å². The first kappa shape index (κ1) is 25.4. The van der Waals surface area contributed by atoms with Crippen molar-refractivity contribution in [3.8, 4) is 11.1 Å². The number of ether oxygens (including phenoxy) is 3. The number of carbonyl (C=O) groups is 2. The maximum Gasteiger partial charge on any atom is 0.410 e. The highest BCUT2D eigenvalue weighted by molar-refractivity contribution is 6.30. The van der Waals surface area contributed by atoms with Gasteiger partial charge in [0.25, 0.3) is 0 Å². The van der Waals surface area contributed by atoms with Crippen LogP contribution in [0.4, 0.5) is 4.79 Å². The topological polar surface area (TPSA) is 77.4 Å². The average Bonchev–Trinajstić information content (AvgIpc) is 3.68. The third kappa shape index (κ3) is 4.65. The maximum absolute atomic E-state index is 13.4. The van der Waals surface area contributed by atoms with Crippen LogP contribution in [-0.4, -0.2) is 61.3 Å². The average molecular weight is 545 g/mol. The summed E-state index contributed by atoms with van der Waals surface area (Å²) < 4.78 is 17.0. The molecule has 0 radical (unpaired) electrons. The number of fused-ring (bicyclic) bond motifs is 3. The normalized spacial score (nSPS) is 21.6. The molecule has 1 unspecified atom stereocenters. The van der Waals surface area contributed by atoms with Crippen LogP contribution >= 0.6 is 11.6 Å². The van der Waals surface area contributed by atoms with Gasteiger partial charge in [0.15, 0.2) is 5.54 Å². The van der Waals surface area contributed by atoms with Crippen LogP contribution in [0.15, 0.2) is 77.8 Å². The highest BCUT2D eigenvalue weighted by atomic mass is 35.5. The molecule has 6 rings (SSSR count). The maximum atomic E-state index is 13.4. The molecule has 8 heteroatoms. The largest absolute Gasteiger partial charge is 0.476 e. The van der Waals surface area contributed by atoms with Crippen molar-refractivity contribution in [1.29, 1.82) is 0 Å². The second-order valence-corrected chi connectivity index (χ2v) is 10.7. The van der Waals surface area contributed by atoms with Gasteiger partial charge >= 0.3 is 12.1 Å². The Bertz CT molecular complexity index is 1410. The summed E-state index contributed by atoms with van der Waals surface area (Å²) in [6.07, 6.45) is 1.34. The molecule has 0 aromatic heterocycles. The first-order valence-electron chi connectivity index (χ1n) is 13.2. The number of carbonyl (C=O) groups excluding carboxylic acids is 2. The van der Waals surface area contributed by atoms with Crippen molar-refractivity contribution in [2.45, 2.75) is 36.8 Å². The molecular formula is C31H29ClN2O5. The van der Waals surface area contributed by atoms with Crippen molar-refractivity contribution in [1.82, 2.24) is 4.90 Å².